The minimum atomic E-state index is 1.24. The monoisotopic (exact) mass is 352 g/mol. The number of aryl methyl sites for hydroxylation is 1. The van der Waals surface area contributed by atoms with Crippen LogP contribution in [-0.4, -0.2) is 0 Å². The van der Waals surface area contributed by atoms with Crippen LogP contribution in [0.5, 0.6) is 0 Å². The first-order valence-corrected chi connectivity index (χ1v) is 8.00. The summed E-state index contributed by atoms with van der Waals surface area (Å²) >= 11 is 9.04. The lowest BCUT2D eigenvalue weighted by Crippen LogP contribution is -1.85. The van der Waals surface area contributed by atoms with Crippen LogP contribution in [-0.2, 0) is 6.42 Å². The molecule has 0 saturated heterocycles. The maximum Gasteiger partial charge on any atom is 0.0846 e. The van der Waals surface area contributed by atoms with Crippen LogP contribution in [0.15, 0.2) is 8.26 Å². The molecular weight excluding hydrogens is 336 g/mol. The summed E-state index contributed by atoms with van der Waals surface area (Å²) in [5.41, 5.74) is 1.42. The largest absolute Gasteiger partial charge is 0.132 e. The van der Waals surface area contributed by atoms with E-state index >= 15 is 0 Å². The second-order valence-corrected chi connectivity index (χ2v) is 7.12. The van der Waals surface area contributed by atoms with Crippen LogP contribution in [0.3, 0.4) is 0 Å². The van der Waals surface area contributed by atoms with Gasteiger partial charge in [0, 0.05) is 9.35 Å². The summed E-state index contributed by atoms with van der Waals surface area (Å²) in [6, 6.07) is 0. The minimum absolute atomic E-state index is 1.24. The number of thiophene rings is 1. The molecule has 0 atom stereocenters. The van der Waals surface area contributed by atoms with Gasteiger partial charge in [-0.05, 0) is 57.2 Å². The molecule has 0 spiro atoms. The molecule has 0 aromatic carbocycles. The smallest absolute Gasteiger partial charge is 0.0846 e. The molecule has 0 aliphatic heterocycles. The first kappa shape index (κ1) is 13.7. The minimum Gasteiger partial charge on any atom is -0.132 e. The van der Waals surface area contributed by atoms with Crippen molar-refractivity contribution in [3.05, 3.63) is 18.7 Å². The van der Waals surface area contributed by atoms with E-state index < -0.39 is 0 Å². The van der Waals surface area contributed by atoms with E-state index in [1.807, 2.05) is 11.3 Å². The number of hydrogen-bond donors (Lipinski definition) is 0. The van der Waals surface area contributed by atoms with Crippen molar-refractivity contribution in [1.29, 1.82) is 0 Å². The van der Waals surface area contributed by atoms with Gasteiger partial charge >= 0.3 is 0 Å². The molecule has 1 aromatic heterocycles. The predicted molar refractivity (Wildman–Crippen MR) is 76.9 cm³/mol. The molecule has 3 heteroatoms. The number of hydrogen-bond acceptors (Lipinski definition) is 1. The van der Waals surface area contributed by atoms with E-state index in [0.29, 0.717) is 0 Å². The van der Waals surface area contributed by atoms with Crippen LogP contribution >= 0.6 is 43.2 Å². The van der Waals surface area contributed by atoms with Crippen LogP contribution in [0.4, 0.5) is 0 Å². The summed E-state index contributed by atoms with van der Waals surface area (Å²) in [6.07, 6.45) is 8.06. The van der Waals surface area contributed by atoms with Crippen LogP contribution in [0.1, 0.15) is 49.5 Å². The molecule has 0 aliphatic rings. The lowest BCUT2D eigenvalue weighted by Gasteiger charge is -2.00. The predicted octanol–water partition coefficient (Wildman–Crippen LogP) is 6.09. The fourth-order valence-electron chi connectivity index (χ4n) is 1.63. The summed E-state index contributed by atoms with van der Waals surface area (Å²) in [5.74, 6) is 0. The number of halogens is 2. The van der Waals surface area contributed by atoms with Crippen molar-refractivity contribution in [2.45, 2.75) is 52.4 Å². The Morgan fingerprint density at radius 2 is 1.73 bits per heavy atom. The van der Waals surface area contributed by atoms with Gasteiger partial charge in [0.15, 0.2) is 0 Å². The van der Waals surface area contributed by atoms with Gasteiger partial charge in [-0.2, -0.15) is 0 Å². The third-order valence-electron chi connectivity index (χ3n) is 2.64. The molecule has 0 fully saturated rings. The normalized spacial score (nSPS) is 10.9. The fourth-order valence-corrected chi connectivity index (χ4v) is 4.08. The second-order valence-electron chi connectivity index (χ2n) is 3.90. The third-order valence-corrected chi connectivity index (χ3v) is 6.45. The molecule has 0 nitrogen and oxygen atoms in total. The summed E-state index contributed by atoms with van der Waals surface area (Å²) in [7, 11) is 0. The average molecular weight is 354 g/mol. The number of unbranched alkanes of at least 4 members (excludes halogenated alkanes) is 4. The van der Waals surface area contributed by atoms with Crippen LogP contribution in [0.25, 0.3) is 0 Å². The summed E-state index contributed by atoms with van der Waals surface area (Å²) in [5, 5.41) is 0. The van der Waals surface area contributed by atoms with E-state index in [1.54, 1.807) is 0 Å². The molecule has 0 N–H and O–H groups in total. The van der Waals surface area contributed by atoms with Crippen molar-refractivity contribution in [3.63, 3.8) is 0 Å². The van der Waals surface area contributed by atoms with Gasteiger partial charge < -0.3 is 0 Å². The van der Waals surface area contributed by atoms with E-state index in [1.165, 1.54) is 57.2 Å². The maximum absolute atomic E-state index is 3.60. The third kappa shape index (κ3) is 4.20. The van der Waals surface area contributed by atoms with Crippen molar-refractivity contribution >= 4 is 43.2 Å². The van der Waals surface area contributed by atoms with Gasteiger partial charge in [-0.25, -0.2) is 0 Å². The molecule has 0 saturated carbocycles. The van der Waals surface area contributed by atoms with Gasteiger partial charge in [0.05, 0.1) is 3.79 Å². The molecule has 0 amide bonds. The highest BCUT2D eigenvalue weighted by Crippen LogP contribution is 2.37. The molecule has 86 valence electrons. The molecular formula is C12H18Br2S. The summed E-state index contributed by atoms with van der Waals surface area (Å²) in [4.78, 5) is 1.53. The Hall–Kier alpha value is 0.660. The van der Waals surface area contributed by atoms with Crippen molar-refractivity contribution in [2.24, 2.45) is 0 Å². The standard InChI is InChI=1S/C12H18Br2S/c1-3-4-5-6-7-8-10-9(2)11(13)12(14)15-10/h3-8H2,1-2H3. The summed E-state index contributed by atoms with van der Waals surface area (Å²) < 4.78 is 2.49. The van der Waals surface area contributed by atoms with E-state index in [2.05, 4.69) is 45.7 Å². The highest BCUT2D eigenvalue weighted by atomic mass is 79.9. The Labute approximate surface area is 114 Å². The van der Waals surface area contributed by atoms with E-state index in [0.717, 1.165) is 0 Å². The molecule has 0 aliphatic carbocycles. The lowest BCUT2D eigenvalue weighted by atomic mass is 10.1. The van der Waals surface area contributed by atoms with Gasteiger partial charge in [0.1, 0.15) is 0 Å². The Kier molecular flexibility index (Phi) is 6.48. The zero-order valence-corrected chi connectivity index (χ0v) is 13.4. The second kappa shape index (κ2) is 7.08. The van der Waals surface area contributed by atoms with Gasteiger partial charge in [-0.3, -0.25) is 0 Å². The van der Waals surface area contributed by atoms with Crippen LogP contribution in [0, 0.1) is 6.92 Å². The lowest BCUT2D eigenvalue weighted by molar-refractivity contribution is 0.634. The molecule has 15 heavy (non-hydrogen) atoms. The topological polar surface area (TPSA) is 0 Å². The van der Waals surface area contributed by atoms with Crippen LogP contribution < -0.4 is 0 Å². The van der Waals surface area contributed by atoms with Crippen molar-refractivity contribution in [1.82, 2.24) is 0 Å². The van der Waals surface area contributed by atoms with Gasteiger partial charge in [0.2, 0.25) is 0 Å². The SMILES string of the molecule is CCCCCCCc1sc(Br)c(Br)c1C. The quantitative estimate of drug-likeness (QED) is 0.542. The first-order chi connectivity index (χ1) is 7.16. The first-order valence-electron chi connectivity index (χ1n) is 5.60. The Bertz CT molecular complexity index is 305. The van der Waals surface area contributed by atoms with Crippen LogP contribution in [0.2, 0.25) is 0 Å². The molecule has 0 unspecified atom stereocenters. The highest BCUT2D eigenvalue weighted by Gasteiger charge is 2.09. The van der Waals surface area contributed by atoms with Crippen molar-refractivity contribution in [3.8, 4) is 0 Å². The molecule has 1 rings (SSSR count). The van der Waals surface area contributed by atoms with Crippen molar-refractivity contribution < 1.29 is 0 Å². The molecule has 1 heterocycles. The van der Waals surface area contributed by atoms with Gasteiger partial charge in [-0.15, -0.1) is 11.3 Å². The average Bonchev–Trinajstić information content (AvgIpc) is 2.46. The molecule has 0 radical (unpaired) electrons. The Balaban J connectivity index is 2.34. The van der Waals surface area contributed by atoms with E-state index in [9.17, 15) is 0 Å². The van der Waals surface area contributed by atoms with Crippen molar-refractivity contribution in [2.75, 3.05) is 0 Å². The van der Waals surface area contributed by atoms with Gasteiger partial charge in [-0.1, -0.05) is 32.6 Å². The molecule has 1 aromatic rings. The number of rotatable bonds is 6. The zero-order chi connectivity index (χ0) is 11.3. The molecule has 0 bridgehead atoms. The Morgan fingerprint density at radius 3 is 2.27 bits per heavy atom. The zero-order valence-electron chi connectivity index (χ0n) is 9.41. The fraction of sp³-hybridized carbons (Fsp3) is 0.667. The van der Waals surface area contributed by atoms with E-state index in [4.69, 9.17) is 0 Å². The van der Waals surface area contributed by atoms with E-state index in [-0.39, 0.29) is 0 Å². The Morgan fingerprint density at radius 1 is 1.07 bits per heavy atom. The maximum atomic E-state index is 3.60. The highest BCUT2D eigenvalue weighted by molar-refractivity contribution is 9.13. The summed E-state index contributed by atoms with van der Waals surface area (Å²) in [6.45, 7) is 4.46. The van der Waals surface area contributed by atoms with Gasteiger partial charge in [0.25, 0.3) is 0 Å².